The Bertz CT molecular complexity index is 745. The van der Waals surface area contributed by atoms with Crippen LogP contribution in [0.25, 0.3) is 11.3 Å². The van der Waals surface area contributed by atoms with Crippen LogP contribution in [0.5, 0.6) is 0 Å². The number of hydrogen-bond donors (Lipinski definition) is 1. The number of hydrogen-bond acceptors (Lipinski definition) is 6. The number of benzene rings is 1. The van der Waals surface area contributed by atoms with Crippen molar-refractivity contribution >= 4 is 17.9 Å². The summed E-state index contributed by atoms with van der Waals surface area (Å²) in [4.78, 5) is 25.2. The van der Waals surface area contributed by atoms with Gasteiger partial charge < -0.3 is 19.9 Å². The number of ether oxygens (including phenoxy) is 1. The van der Waals surface area contributed by atoms with Gasteiger partial charge >= 0.3 is 6.09 Å². The third-order valence-electron chi connectivity index (χ3n) is 4.44. The Morgan fingerprint density at radius 1 is 1.11 bits per heavy atom. The topological polar surface area (TPSA) is 70.6 Å². The fourth-order valence-corrected chi connectivity index (χ4v) is 3.00. The smallest absolute Gasteiger partial charge is 0.409 e. The summed E-state index contributed by atoms with van der Waals surface area (Å²) in [5.41, 5.74) is 1.96. The summed E-state index contributed by atoms with van der Waals surface area (Å²) >= 11 is 0. The molecule has 0 unspecified atom stereocenters. The zero-order valence-corrected chi connectivity index (χ0v) is 16.0. The molecule has 1 aliphatic rings. The van der Waals surface area contributed by atoms with Crippen molar-refractivity contribution in [1.29, 1.82) is 0 Å². The molecule has 0 atom stereocenters. The second-order valence-corrected chi connectivity index (χ2v) is 6.40. The minimum absolute atomic E-state index is 0.241. The van der Waals surface area contributed by atoms with Crippen LogP contribution in [0.3, 0.4) is 0 Å². The minimum atomic E-state index is -0.241. The molecule has 1 saturated heterocycles. The summed E-state index contributed by atoms with van der Waals surface area (Å²) in [6.07, 6.45) is 0.766. The zero-order valence-electron chi connectivity index (χ0n) is 16.0. The monoisotopic (exact) mass is 369 g/mol. The van der Waals surface area contributed by atoms with Gasteiger partial charge in [0.1, 0.15) is 5.82 Å². The van der Waals surface area contributed by atoms with Crippen LogP contribution in [0.4, 0.5) is 16.6 Å². The molecule has 7 nitrogen and oxygen atoms in total. The van der Waals surface area contributed by atoms with Crippen molar-refractivity contribution in [1.82, 2.24) is 14.9 Å². The third-order valence-corrected chi connectivity index (χ3v) is 4.44. The van der Waals surface area contributed by atoms with Crippen molar-refractivity contribution in [3.8, 4) is 11.3 Å². The van der Waals surface area contributed by atoms with Gasteiger partial charge in [-0.15, -0.1) is 0 Å². The number of aromatic nitrogens is 2. The van der Waals surface area contributed by atoms with Crippen molar-refractivity contribution in [2.24, 2.45) is 0 Å². The molecule has 144 valence electrons. The maximum atomic E-state index is 11.9. The van der Waals surface area contributed by atoms with Crippen LogP contribution in [-0.4, -0.2) is 60.3 Å². The van der Waals surface area contributed by atoms with E-state index in [1.54, 1.807) is 4.90 Å². The summed E-state index contributed by atoms with van der Waals surface area (Å²) in [6.45, 7) is 7.86. The van der Waals surface area contributed by atoms with Crippen molar-refractivity contribution < 1.29 is 9.53 Å². The molecule has 0 saturated carbocycles. The van der Waals surface area contributed by atoms with Gasteiger partial charge in [-0.2, -0.15) is 4.98 Å². The molecular formula is C20H27N5O2. The van der Waals surface area contributed by atoms with E-state index in [0.717, 1.165) is 43.1 Å². The minimum Gasteiger partial charge on any atom is -0.450 e. The van der Waals surface area contributed by atoms with Crippen LogP contribution < -0.4 is 10.2 Å². The molecule has 1 aliphatic heterocycles. The van der Waals surface area contributed by atoms with E-state index in [1.807, 2.05) is 31.2 Å². The molecular weight excluding hydrogens is 342 g/mol. The first kappa shape index (κ1) is 18.9. The lowest BCUT2D eigenvalue weighted by Gasteiger charge is -2.34. The maximum Gasteiger partial charge on any atom is 0.409 e. The largest absolute Gasteiger partial charge is 0.450 e. The first-order chi connectivity index (χ1) is 13.2. The Morgan fingerprint density at radius 2 is 1.85 bits per heavy atom. The second kappa shape index (κ2) is 9.21. The van der Waals surface area contributed by atoms with E-state index in [1.165, 1.54) is 0 Å². The predicted octanol–water partition coefficient (Wildman–Crippen LogP) is 3.24. The van der Waals surface area contributed by atoms with Gasteiger partial charge in [0.2, 0.25) is 5.95 Å². The lowest BCUT2D eigenvalue weighted by Crippen LogP contribution is -2.49. The summed E-state index contributed by atoms with van der Waals surface area (Å²) < 4.78 is 5.10. The van der Waals surface area contributed by atoms with Gasteiger partial charge in [-0.1, -0.05) is 37.3 Å². The van der Waals surface area contributed by atoms with Crippen LogP contribution in [0.2, 0.25) is 0 Å². The molecule has 1 fully saturated rings. The molecule has 1 aromatic carbocycles. The molecule has 0 aliphatic carbocycles. The maximum absolute atomic E-state index is 11.9. The fraction of sp³-hybridized carbons (Fsp3) is 0.450. The van der Waals surface area contributed by atoms with Gasteiger partial charge in [0, 0.05) is 44.4 Å². The molecule has 0 spiro atoms. The van der Waals surface area contributed by atoms with Crippen LogP contribution >= 0.6 is 0 Å². The van der Waals surface area contributed by atoms with Crippen LogP contribution in [0, 0.1) is 0 Å². The SMILES string of the molecule is CCCNc1nc(-c2ccccc2)cc(N2CCN(C(=O)OCC)CC2)n1. The van der Waals surface area contributed by atoms with Crippen molar-refractivity contribution in [3.05, 3.63) is 36.4 Å². The molecule has 0 radical (unpaired) electrons. The lowest BCUT2D eigenvalue weighted by molar-refractivity contribution is 0.105. The average molecular weight is 369 g/mol. The first-order valence-corrected chi connectivity index (χ1v) is 9.56. The summed E-state index contributed by atoms with van der Waals surface area (Å²) in [5.74, 6) is 1.52. The van der Waals surface area contributed by atoms with Gasteiger partial charge in [-0.05, 0) is 13.3 Å². The fourth-order valence-electron chi connectivity index (χ4n) is 3.00. The molecule has 1 amide bonds. The molecule has 2 aromatic rings. The number of rotatable bonds is 6. The van der Waals surface area contributed by atoms with Crippen LogP contribution in [-0.2, 0) is 4.74 Å². The Morgan fingerprint density at radius 3 is 2.52 bits per heavy atom. The van der Waals surface area contributed by atoms with Crippen molar-refractivity contribution in [2.75, 3.05) is 49.5 Å². The van der Waals surface area contributed by atoms with Gasteiger partial charge in [0.15, 0.2) is 0 Å². The highest BCUT2D eigenvalue weighted by atomic mass is 16.6. The molecule has 1 N–H and O–H groups in total. The first-order valence-electron chi connectivity index (χ1n) is 9.56. The summed E-state index contributed by atoms with van der Waals surface area (Å²) in [5, 5.41) is 3.29. The molecule has 27 heavy (non-hydrogen) atoms. The van der Waals surface area contributed by atoms with Crippen LogP contribution in [0.15, 0.2) is 36.4 Å². The Hall–Kier alpha value is -2.83. The molecule has 7 heteroatoms. The third kappa shape index (κ3) is 4.87. The molecule has 2 heterocycles. The Balaban J connectivity index is 1.79. The second-order valence-electron chi connectivity index (χ2n) is 6.40. The standard InChI is InChI=1S/C20H27N5O2/c1-3-10-21-19-22-17(16-8-6-5-7-9-16)15-18(23-19)24-11-13-25(14-12-24)20(26)27-4-2/h5-9,15H,3-4,10-14H2,1-2H3,(H,21,22,23). The number of anilines is 2. The molecule has 0 bridgehead atoms. The highest BCUT2D eigenvalue weighted by molar-refractivity contribution is 5.68. The van der Waals surface area contributed by atoms with Crippen molar-refractivity contribution in [2.45, 2.75) is 20.3 Å². The number of amides is 1. The van der Waals surface area contributed by atoms with E-state index in [2.05, 4.69) is 34.3 Å². The number of nitrogens with one attached hydrogen (secondary N) is 1. The van der Waals surface area contributed by atoms with E-state index in [4.69, 9.17) is 9.72 Å². The summed E-state index contributed by atoms with van der Waals surface area (Å²) in [7, 11) is 0. The highest BCUT2D eigenvalue weighted by Crippen LogP contribution is 2.24. The number of piperazine rings is 1. The zero-order chi connectivity index (χ0) is 19.1. The van der Waals surface area contributed by atoms with Crippen molar-refractivity contribution in [3.63, 3.8) is 0 Å². The number of carbonyl (C=O) groups is 1. The van der Waals surface area contributed by atoms with Gasteiger partial charge in [-0.25, -0.2) is 9.78 Å². The Kier molecular flexibility index (Phi) is 6.46. The number of carbonyl (C=O) groups excluding carboxylic acids is 1. The predicted molar refractivity (Wildman–Crippen MR) is 107 cm³/mol. The highest BCUT2D eigenvalue weighted by Gasteiger charge is 2.23. The van der Waals surface area contributed by atoms with Gasteiger partial charge in [0.25, 0.3) is 0 Å². The number of nitrogens with zero attached hydrogens (tertiary/aromatic N) is 4. The van der Waals surface area contributed by atoms with Crippen LogP contribution in [0.1, 0.15) is 20.3 Å². The van der Waals surface area contributed by atoms with E-state index in [0.29, 0.717) is 25.6 Å². The van der Waals surface area contributed by atoms with E-state index in [9.17, 15) is 4.79 Å². The van der Waals surface area contributed by atoms with Gasteiger partial charge in [-0.3, -0.25) is 0 Å². The molecule has 3 rings (SSSR count). The Labute approximate surface area is 160 Å². The van der Waals surface area contributed by atoms with E-state index in [-0.39, 0.29) is 6.09 Å². The quantitative estimate of drug-likeness (QED) is 0.843. The molecule has 1 aromatic heterocycles. The lowest BCUT2D eigenvalue weighted by atomic mass is 10.1. The van der Waals surface area contributed by atoms with E-state index < -0.39 is 0 Å². The van der Waals surface area contributed by atoms with E-state index >= 15 is 0 Å². The normalized spacial score (nSPS) is 14.1. The van der Waals surface area contributed by atoms with Gasteiger partial charge in [0.05, 0.1) is 12.3 Å². The average Bonchev–Trinajstić information content (AvgIpc) is 2.73. The summed E-state index contributed by atoms with van der Waals surface area (Å²) in [6, 6.07) is 12.1.